The van der Waals surface area contributed by atoms with Crippen molar-refractivity contribution >= 4 is 34.8 Å². The average molecular weight is 357 g/mol. The molecule has 2 rings (SSSR count). The maximum absolute atomic E-state index is 12.3. The number of carbonyl (C=O) groups excluding carboxylic acids is 2. The normalized spacial score (nSPS) is 9.88. The molecule has 0 aromatic heterocycles. The SMILES string of the molecule is COc1ccccc1C(=O)NC(=S)Nc1ccc(C(=O)N(C)C)cc1. The third-order valence-corrected chi connectivity index (χ3v) is 3.58. The molecule has 7 heteroatoms. The van der Waals surface area contributed by atoms with Crippen LogP contribution in [0.5, 0.6) is 5.75 Å². The van der Waals surface area contributed by atoms with Crippen LogP contribution in [-0.4, -0.2) is 43.0 Å². The van der Waals surface area contributed by atoms with Crippen molar-refractivity contribution in [1.82, 2.24) is 10.2 Å². The Morgan fingerprint density at radius 1 is 1.04 bits per heavy atom. The van der Waals surface area contributed by atoms with Crippen LogP contribution in [0.15, 0.2) is 48.5 Å². The first-order chi connectivity index (χ1) is 11.9. The Balaban J connectivity index is 2.00. The van der Waals surface area contributed by atoms with Crippen molar-refractivity contribution in [2.24, 2.45) is 0 Å². The summed E-state index contributed by atoms with van der Waals surface area (Å²) in [5.74, 6) is 0.0160. The molecule has 0 aliphatic carbocycles. The minimum Gasteiger partial charge on any atom is -0.496 e. The Morgan fingerprint density at radius 2 is 1.68 bits per heavy atom. The quantitative estimate of drug-likeness (QED) is 0.823. The molecule has 6 nitrogen and oxygen atoms in total. The molecule has 0 fully saturated rings. The van der Waals surface area contributed by atoms with E-state index in [2.05, 4.69) is 10.6 Å². The van der Waals surface area contributed by atoms with Gasteiger partial charge in [0.05, 0.1) is 12.7 Å². The zero-order valence-electron chi connectivity index (χ0n) is 14.2. The van der Waals surface area contributed by atoms with Crippen molar-refractivity contribution in [2.75, 3.05) is 26.5 Å². The standard InChI is InChI=1S/C18H19N3O3S/c1-21(2)17(23)12-8-10-13(11-9-12)19-18(25)20-16(22)14-6-4-5-7-15(14)24-3/h4-11H,1-3H3,(H2,19,20,22,25). The van der Waals surface area contributed by atoms with Gasteiger partial charge in [0.1, 0.15) is 5.75 Å². The highest BCUT2D eigenvalue weighted by Gasteiger charge is 2.13. The Hall–Kier alpha value is -2.93. The maximum Gasteiger partial charge on any atom is 0.261 e. The fourth-order valence-corrected chi connectivity index (χ4v) is 2.33. The molecule has 2 N–H and O–H groups in total. The van der Waals surface area contributed by atoms with Gasteiger partial charge in [0.2, 0.25) is 0 Å². The molecular formula is C18H19N3O3S. The van der Waals surface area contributed by atoms with E-state index >= 15 is 0 Å². The number of hydrogen-bond donors (Lipinski definition) is 2. The highest BCUT2D eigenvalue weighted by atomic mass is 32.1. The zero-order valence-corrected chi connectivity index (χ0v) is 15.0. The van der Waals surface area contributed by atoms with Crippen LogP contribution in [0, 0.1) is 0 Å². The molecule has 0 saturated carbocycles. The second-order valence-corrected chi connectivity index (χ2v) is 5.79. The smallest absolute Gasteiger partial charge is 0.261 e. The van der Waals surface area contributed by atoms with Gasteiger partial charge < -0.3 is 15.0 Å². The highest BCUT2D eigenvalue weighted by molar-refractivity contribution is 7.80. The van der Waals surface area contributed by atoms with Gasteiger partial charge in [-0.05, 0) is 48.6 Å². The van der Waals surface area contributed by atoms with E-state index in [9.17, 15) is 9.59 Å². The molecule has 0 heterocycles. The predicted molar refractivity (Wildman–Crippen MR) is 101 cm³/mol. The Bertz CT molecular complexity index is 788. The number of thiocarbonyl (C=S) groups is 1. The molecule has 0 atom stereocenters. The molecule has 130 valence electrons. The summed E-state index contributed by atoms with van der Waals surface area (Å²) in [6.45, 7) is 0. The third-order valence-electron chi connectivity index (χ3n) is 3.37. The number of anilines is 1. The monoisotopic (exact) mass is 357 g/mol. The maximum atomic E-state index is 12.3. The fourth-order valence-electron chi connectivity index (χ4n) is 2.12. The molecule has 25 heavy (non-hydrogen) atoms. The van der Waals surface area contributed by atoms with Crippen molar-refractivity contribution in [1.29, 1.82) is 0 Å². The number of methoxy groups -OCH3 is 1. The van der Waals surface area contributed by atoms with E-state index in [0.29, 0.717) is 22.6 Å². The van der Waals surface area contributed by atoms with Crippen molar-refractivity contribution in [2.45, 2.75) is 0 Å². The molecule has 0 aliphatic heterocycles. The van der Waals surface area contributed by atoms with Crippen LogP contribution >= 0.6 is 12.2 Å². The van der Waals surface area contributed by atoms with Crippen LogP contribution in [0.1, 0.15) is 20.7 Å². The first-order valence-corrected chi connectivity index (χ1v) is 7.90. The van der Waals surface area contributed by atoms with Crippen LogP contribution in [0.2, 0.25) is 0 Å². The molecular weight excluding hydrogens is 338 g/mol. The lowest BCUT2D eigenvalue weighted by atomic mass is 10.2. The molecule has 2 aromatic rings. The lowest BCUT2D eigenvalue weighted by Crippen LogP contribution is -2.34. The zero-order chi connectivity index (χ0) is 18.4. The van der Waals surface area contributed by atoms with Crippen molar-refractivity contribution < 1.29 is 14.3 Å². The Morgan fingerprint density at radius 3 is 2.28 bits per heavy atom. The number of carbonyl (C=O) groups is 2. The largest absolute Gasteiger partial charge is 0.496 e. The van der Waals surface area contributed by atoms with Gasteiger partial charge in [-0.15, -0.1) is 0 Å². The summed E-state index contributed by atoms with van der Waals surface area (Å²) < 4.78 is 5.16. The van der Waals surface area contributed by atoms with Gasteiger partial charge in [-0.25, -0.2) is 0 Å². The first kappa shape index (κ1) is 18.4. The van der Waals surface area contributed by atoms with Crippen LogP contribution in [0.4, 0.5) is 5.69 Å². The summed E-state index contributed by atoms with van der Waals surface area (Å²) in [6.07, 6.45) is 0. The van der Waals surface area contributed by atoms with Crippen molar-refractivity contribution in [3.05, 3.63) is 59.7 Å². The Kier molecular flexibility index (Phi) is 6.08. The van der Waals surface area contributed by atoms with Crippen LogP contribution in [0.3, 0.4) is 0 Å². The molecule has 0 saturated heterocycles. The number of hydrogen-bond acceptors (Lipinski definition) is 4. The number of benzene rings is 2. The minimum absolute atomic E-state index is 0.0846. The number of nitrogens with one attached hydrogen (secondary N) is 2. The molecule has 2 amide bonds. The lowest BCUT2D eigenvalue weighted by molar-refractivity contribution is 0.0827. The predicted octanol–water partition coefficient (Wildman–Crippen LogP) is 2.52. The Labute approximate surface area is 151 Å². The highest BCUT2D eigenvalue weighted by Crippen LogP contribution is 2.17. The summed E-state index contributed by atoms with van der Waals surface area (Å²) >= 11 is 5.16. The van der Waals surface area contributed by atoms with E-state index < -0.39 is 0 Å². The number of para-hydroxylation sites is 1. The minimum atomic E-state index is -0.366. The van der Waals surface area contributed by atoms with Gasteiger partial charge in [-0.3, -0.25) is 14.9 Å². The number of amides is 2. The van der Waals surface area contributed by atoms with Crippen LogP contribution in [0.25, 0.3) is 0 Å². The summed E-state index contributed by atoms with van der Waals surface area (Å²) in [7, 11) is 4.88. The van der Waals surface area contributed by atoms with Gasteiger partial charge in [0, 0.05) is 25.3 Å². The number of nitrogens with zero attached hydrogens (tertiary/aromatic N) is 1. The van der Waals surface area contributed by atoms with Gasteiger partial charge >= 0.3 is 0 Å². The third kappa shape index (κ3) is 4.77. The van der Waals surface area contributed by atoms with Crippen LogP contribution < -0.4 is 15.4 Å². The van der Waals surface area contributed by atoms with Crippen molar-refractivity contribution in [3.8, 4) is 5.75 Å². The van der Waals surface area contributed by atoms with E-state index in [1.54, 1.807) is 62.6 Å². The first-order valence-electron chi connectivity index (χ1n) is 7.49. The molecule has 2 aromatic carbocycles. The molecule has 0 radical (unpaired) electrons. The molecule has 0 unspecified atom stereocenters. The van der Waals surface area contributed by atoms with Crippen molar-refractivity contribution in [3.63, 3.8) is 0 Å². The summed E-state index contributed by atoms with van der Waals surface area (Å²) in [4.78, 5) is 25.6. The van der Waals surface area contributed by atoms with E-state index in [4.69, 9.17) is 17.0 Å². The summed E-state index contributed by atoms with van der Waals surface area (Å²) in [5, 5.41) is 5.67. The summed E-state index contributed by atoms with van der Waals surface area (Å²) in [6, 6.07) is 13.7. The second kappa shape index (κ2) is 8.25. The fraction of sp³-hybridized carbons (Fsp3) is 0.167. The molecule has 0 spiro atoms. The molecule has 0 bridgehead atoms. The topological polar surface area (TPSA) is 70.7 Å². The van der Waals surface area contributed by atoms with E-state index in [1.165, 1.54) is 12.0 Å². The summed E-state index contributed by atoms with van der Waals surface area (Å²) in [5.41, 5.74) is 1.63. The number of rotatable bonds is 4. The van der Waals surface area contributed by atoms with Gasteiger partial charge in [0.15, 0.2) is 5.11 Å². The van der Waals surface area contributed by atoms with E-state index in [0.717, 1.165) is 0 Å². The van der Waals surface area contributed by atoms with Gasteiger partial charge in [-0.1, -0.05) is 12.1 Å². The van der Waals surface area contributed by atoms with Crippen LogP contribution in [-0.2, 0) is 0 Å². The van der Waals surface area contributed by atoms with Gasteiger partial charge in [-0.2, -0.15) is 0 Å². The lowest BCUT2D eigenvalue weighted by Gasteiger charge is -2.13. The van der Waals surface area contributed by atoms with E-state index in [1.807, 2.05) is 0 Å². The number of ether oxygens (including phenoxy) is 1. The molecule has 0 aliphatic rings. The second-order valence-electron chi connectivity index (χ2n) is 5.39. The average Bonchev–Trinajstić information content (AvgIpc) is 2.61. The van der Waals surface area contributed by atoms with Gasteiger partial charge in [0.25, 0.3) is 11.8 Å². The van der Waals surface area contributed by atoms with E-state index in [-0.39, 0.29) is 16.9 Å².